The van der Waals surface area contributed by atoms with Gasteiger partial charge in [0.25, 0.3) is 0 Å². The molecule has 0 aliphatic carbocycles. The second-order valence-corrected chi connectivity index (χ2v) is 8.91. The van der Waals surface area contributed by atoms with Crippen LogP contribution in [0, 0.1) is 0 Å². The molecule has 192 valence electrons. The Morgan fingerprint density at radius 3 is 1.34 bits per heavy atom. The number of rotatable bonds is 10. The van der Waals surface area contributed by atoms with Gasteiger partial charge >= 0.3 is 0 Å². The molecule has 0 radical (unpaired) electrons. The van der Waals surface area contributed by atoms with Crippen molar-refractivity contribution in [2.75, 3.05) is 48.8 Å². The van der Waals surface area contributed by atoms with E-state index in [0.29, 0.717) is 11.6 Å². The highest BCUT2D eigenvalue weighted by molar-refractivity contribution is 5.98. The first-order chi connectivity index (χ1) is 18.5. The van der Waals surface area contributed by atoms with Gasteiger partial charge in [-0.2, -0.15) is 10.2 Å². The van der Waals surface area contributed by atoms with Crippen molar-refractivity contribution in [2.45, 2.75) is 0 Å². The van der Waals surface area contributed by atoms with E-state index >= 15 is 0 Å². The van der Waals surface area contributed by atoms with Crippen LogP contribution in [-0.2, 0) is 0 Å². The molecule has 0 saturated heterocycles. The number of allylic oxidation sites excluding steroid dienone is 2. The van der Waals surface area contributed by atoms with Gasteiger partial charge in [0.05, 0.1) is 0 Å². The Bertz CT molecular complexity index is 1340. The highest BCUT2D eigenvalue weighted by atomic mass is 15.4. The summed E-state index contributed by atoms with van der Waals surface area (Å²) in [7, 11) is 8.10. The van der Waals surface area contributed by atoms with Crippen molar-refractivity contribution in [3.63, 3.8) is 0 Å². The van der Waals surface area contributed by atoms with Crippen LogP contribution in [-0.4, -0.2) is 50.8 Å². The van der Waals surface area contributed by atoms with Crippen molar-refractivity contribution in [3.05, 3.63) is 96.1 Å². The number of anilines is 4. The normalized spacial score (nSPS) is 11.8. The number of nitrogens with zero attached hydrogens (tertiary/aromatic N) is 6. The summed E-state index contributed by atoms with van der Waals surface area (Å²) in [5, 5.41) is 18.9. The molecule has 0 unspecified atom stereocenters. The molecular formula is C30H32N8. The van der Waals surface area contributed by atoms with Crippen molar-refractivity contribution in [2.24, 2.45) is 10.2 Å². The molecule has 4 aromatic rings. The molecule has 0 spiro atoms. The van der Waals surface area contributed by atoms with E-state index in [4.69, 9.17) is 0 Å². The van der Waals surface area contributed by atoms with Crippen LogP contribution in [0.3, 0.4) is 0 Å². The van der Waals surface area contributed by atoms with Crippen molar-refractivity contribution in [1.29, 1.82) is 0 Å². The standard InChI is InChI=1S/C30H32N8/c1-37(2)25-17-13-23(14-18-25)9-7-21-31-33-29-27-11-5-6-12-28(27)30(36-35-29)34-32-22-8-10-24-15-19-26(20-16-24)38(3)4/h5-22H,1-4H3,(H,33,35)(H,34,36)/b9-7-,10-8-,31-21-,32-22+. The van der Waals surface area contributed by atoms with Crippen LogP contribution in [0.4, 0.5) is 23.0 Å². The Balaban J connectivity index is 1.37. The van der Waals surface area contributed by atoms with E-state index < -0.39 is 0 Å². The van der Waals surface area contributed by atoms with Gasteiger partial charge in [0.1, 0.15) is 0 Å². The van der Waals surface area contributed by atoms with Gasteiger partial charge in [-0.1, -0.05) is 60.7 Å². The Kier molecular flexibility index (Phi) is 8.80. The first kappa shape index (κ1) is 26.1. The smallest absolute Gasteiger partial charge is 0.176 e. The lowest BCUT2D eigenvalue weighted by Gasteiger charge is -2.11. The molecule has 8 heteroatoms. The molecule has 38 heavy (non-hydrogen) atoms. The topological polar surface area (TPSA) is 81.0 Å². The lowest BCUT2D eigenvalue weighted by Crippen LogP contribution is -2.07. The van der Waals surface area contributed by atoms with E-state index in [0.717, 1.165) is 33.3 Å². The van der Waals surface area contributed by atoms with Crippen LogP contribution in [0.25, 0.3) is 22.9 Å². The van der Waals surface area contributed by atoms with Gasteiger partial charge < -0.3 is 9.80 Å². The number of hydrazone groups is 2. The van der Waals surface area contributed by atoms with Crippen LogP contribution in [0.2, 0.25) is 0 Å². The molecule has 0 aliphatic rings. The van der Waals surface area contributed by atoms with Gasteiger partial charge in [0.15, 0.2) is 11.6 Å². The molecule has 0 fully saturated rings. The number of hydrogen-bond donors (Lipinski definition) is 2. The second-order valence-electron chi connectivity index (χ2n) is 8.91. The van der Waals surface area contributed by atoms with E-state index in [9.17, 15) is 0 Å². The van der Waals surface area contributed by atoms with Gasteiger partial charge in [-0.05, 0) is 47.5 Å². The number of benzene rings is 3. The second kappa shape index (κ2) is 12.8. The molecule has 1 aromatic heterocycles. The molecule has 0 amide bonds. The molecule has 4 rings (SSSR count). The minimum absolute atomic E-state index is 0.566. The fourth-order valence-corrected chi connectivity index (χ4v) is 3.63. The Morgan fingerprint density at radius 2 is 0.974 bits per heavy atom. The maximum Gasteiger partial charge on any atom is 0.176 e. The number of nitrogens with one attached hydrogen (secondary N) is 2. The fraction of sp³-hybridized carbons (Fsp3) is 0.133. The molecule has 8 nitrogen and oxygen atoms in total. The molecule has 3 aromatic carbocycles. The maximum absolute atomic E-state index is 4.30. The molecule has 0 atom stereocenters. The molecule has 0 aliphatic heterocycles. The molecule has 1 heterocycles. The van der Waals surface area contributed by atoms with Crippen molar-refractivity contribution in [1.82, 2.24) is 10.2 Å². The maximum atomic E-state index is 4.30. The summed E-state index contributed by atoms with van der Waals surface area (Å²) < 4.78 is 0. The van der Waals surface area contributed by atoms with Crippen molar-refractivity contribution < 1.29 is 0 Å². The van der Waals surface area contributed by atoms with Gasteiger partial charge in [0.2, 0.25) is 0 Å². The number of aromatic nitrogens is 2. The zero-order valence-electron chi connectivity index (χ0n) is 22.1. The van der Waals surface area contributed by atoms with Crippen LogP contribution in [0.5, 0.6) is 0 Å². The minimum Gasteiger partial charge on any atom is -0.378 e. The Hall–Kier alpha value is -4.98. The van der Waals surface area contributed by atoms with Crippen molar-refractivity contribution in [3.8, 4) is 0 Å². The molecule has 0 bridgehead atoms. The first-order valence-electron chi connectivity index (χ1n) is 12.2. The van der Waals surface area contributed by atoms with Crippen LogP contribution in [0.15, 0.2) is 95.2 Å². The molecular weight excluding hydrogens is 472 g/mol. The predicted octanol–water partition coefficient (Wildman–Crippen LogP) is 5.98. The minimum atomic E-state index is 0.566. The van der Waals surface area contributed by atoms with Gasteiger partial charge in [-0.3, -0.25) is 10.9 Å². The third kappa shape index (κ3) is 7.04. The summed E-state index contributed by atoms with van der Waals surface area (Å²) >= 11 is 0. The van der Waals surface area contributed by atoms with E-state index in [1.165, 1.54) is 0 Å². The van der Waals surface area contributed by atoms with E-state index in [-0.39, 0.29) is 0 Å². The summed E-state index contributed by atoms with van der Waals surface area (Å²) in [6.45, 7) is 0. The van der Waals surface area contributed by atoms with Crippen LogP contribution in [0.1, 0.15) is 11.1 Å². The summed E-state index contributed by atoms with van der Waals surface area (Å²) in [5.41, 5.74) is 10.5. The molecule has 0 saturated carbocycles. The quantitative estimate of drug-likeness (QED) is 0.204. The van der Waals surface area contributed by atoms with E-state index in [1.54, 1.807) is 12.4 Å². The van der Waals surface area contributed by atoms with E-state index in [1.807, 2.05) is 76.8 Å². The predicted molar refractivity (Wildman–Crippen MR) is 163 cm³/mol. The average molecular weight is 505 g/mol. The van der Waals surface area contributed by atoms with Crippen molar-refractivity contribution >= 4 is 58.4 Å². The lowest BCUT2D eigenvalue weighted by atomic mass is 10.2. The van der Waals surface area contributed by atoms with E-state index in [2.05, 4.69) is 89.6 Å². The third-order valence-corrected chi connectivity index (χ3v) is 5.75. The monoisotopic (exact) mass is 504 g/mol. The van der Waals surface area contributed by atoms with Gasteiger partial charge in [-0.15, -0.1) is 10.2 Å². The first-order valence-corrected chi connectivity index (χ1v) is 12.2. The SMILES string of the molecule is CN(C)c1ccc(/C=C\C=N/Nc2nnc(N/N=C/C=C\c3ccc(N(C)C)cc3)c3ccccc23)cc1. The Morgan fingerprint density at radius 1 is 0.579 bits per heavy atom. The fourth-order valence-electron chi connectivity index (χ4n) is 3.63. The highest BCUT2D eigenvalue weighted by Gasteiger charge is 2.07. The summed E-state index contributed by atoms with van der Waals surface area (Å²) in [6.07, 6.45) is 11.1. The average Bonchev–Trinajstić information content (AvgIpc) is 2.94. The zero-order chi connectivity index (χ0) is 26.7. The van der Waals surface area contributed by atoms with Crippen LogP contribution >= 0.6 is 0 Å². The number of hydrogen-bond acceptors (Lipinski definition) is 8. The third-order valence-electron chi connectivity index (χ3n) is 5.75. The summed E-state index contributed by atoms with van der Waals surface area (Å²) in [5.74, 6) is 1.13. The lowest BCUT2D eigenvalue weighted by molar-refractivity contribution is 1.03. The van der Waals surface area contributed by atoms with Crippen LogP contribution < -0.4 is 20.7 Å². The Labute approximate surface area is 223 Å². The summed E-state index contributed by atoms with van der Waals surface area (Å²) in [4.78, 5) is 4.14. The number of fused-ring (bicyclic) bond motifs is 1. The summed E-state index contributed by atoms with van der Waals surface area (Å²) in [6, 6.07) is 24.4. The van der Waals surface area contributed by atoms with Gasteiger partial charge in [-0.25, -0.2) is 0 Å². The largest absolute Gasteiger partial charge is 0.378 e. The zero-order valence-corrected chi connectivity index (χ0v) is 22.1. The highest BCUT2D eigenvalue weighted by Crippen LogP contribution is 2.25. The van der Waals surface area contributed by atoms with Gasteiger partial charge in [0, 0.05) is 62.8 Å². The molecule has 2 N–H and O–H groups in total.